The molecule has 1 N–H and O–H groups in total. The number of guanidine groups is 1. The summed E-state index contributed by atoms with van der Waals surface area (Å²) in [5, 5.41) is 3.35. The van der Waals surface area contributed by atoms with E-state index in [-0.39, 0.29) is 11.8 Å². The summed E-state index contributed by atoms with van der Waals surface area (Å²) in [5.41, 5.74) is 1.16. The first-order valence-corrected chi connectivity index (χ1v) is 10.9. The molecule has 1 aromatic carbocycles. The average Bonchev–Trinajstić information content (AvgIpc) is 3.05. The Morgan fingerprint density at radius 2 is 1.89 bits per heavy atom. The quantitative estimate of drug-likeness (QED) is 0.556. The maximum absolute atomic E-state index is 12.7. The number of aryl methyl sites for hydroxylation is 1. The zero-order chi connectivity index (χ0) is 19.9. The third-order valence-electron chi connectivity index (χ3n) is 4.47. The molecule has 1 heterocycles. The number of nitrogens with zero attached hydrogens (tertiary/aromatic N) is 3. The van der Waals surface area contributed by atoms with Crippen molar-refractivity contribution in [3.63, 3.8) is 0 Å². The Hall–Kier alpha value is -2.28. The van der Waals surface area contributed by atoms with Crippen LogP contribution in [0.5, 0.6) is 0 Å². The number of hydrogen-bond acceptors (Lipinski definition) is 3. The zero-order valence-electron chi connectivity index (χ0n) is 16.6. The van der Waals surface area contributed by atoms with Crippen LogP contribution < -0.4 is 5.32 Å². The highest BCUT2D eigenvalue weighted by Gasteiger charge is 2.22. The van der Waals surface area contributed by atoms with Gasteiger partial charge < -0.3 is 14.8 Å². The van der Waals surface area contributed by atoms with Crippen LogP contribution in [0, 0.1) is 0 Å². The molecule has 1 aromatic heterocycles. The molecule has 0 aliphatic carbocycles. The SMILES string of the molecule is CCN=C(NC(CC)CS(=O)(=O)c1ccccc1)N(C)Cc1cccn1C. The Balaban J connectivity index is 2.11. The van der Waals surface area contributed by atoms with Crippen molar-refractivity contribution in [2.24, 2.45) is 12.0 Å². The van der Waals surface area contributed by atoms with E-state index in [9.17, 15) is 8.42 Å². The molecule has 0 fully saturated rings. The maximum atomic E-state index is 12.7. The second kappa shape index (κ2) is 9.60. The van der Waals surface area contributed by atoms with Crippen molar-refractivity contribution in [2.45, 2.75) is 37.8 Å². The monoisotopic (exact) mass is 390 g/mol. The van der Waals surface area contributed by atoms with Gasteiger partial charge in [0, 0.05) is 38.6 Å². The summed E-state index contributed by atoms with van der Waals surface area (Å²) in [7, 11) is 0.619. The molecule has 148 valence electrons. The van der Waals surface area contributed by atoms with E-state index >= 15 is 0 Å². The smallest absolute Gasteiger partial charge is 0.194 e. The summed E-state index contributed by atoms with van der Waals surface area (Å²) >= 11 is 0. The molecule has 0 amide bonds. The van der Waals surface area contributed by atoms with Gasteiger partial charge in [-0.3, -0.25) is 4.99 Å². The molecule has 0 saturated carbocycles. The molecule has 6 nitrogen and oxygen atoms in total. The van der Waals surface area contributed by atoms with Crippen LogP contribution in [0.2, 0.25) is 0 Å². The van der Waals surface area contributed by atoms with E-state index in [4.69, 9.17) is 0 Å². The summed E-state index contributed by atoms with van der Waals surface area (Å²) in [6.45, 7) is 5.28. The van der Waals surface area contributed by atoms with Crippen LogP contribution >= 0.6 is 0 Å². The lowest BCUT2D eigenvalue weighted by molar-refractivity contribution is 0.447. The summed E-state index contributed by atoms with van der Waals surface area (Å²) in [6.07, 6.45) is 2.70. The predicted octanol–water partition coefficient (Wildman–Crippen LogP) is 2.67. The Kier molecular flexibility index (Phi) is 7.47. The van der Waals surface area contributed by atoms with Gasteiger partial charge in [0.1, 0.15) is 0 Å². The highest BCUT2D eigenvalue weighted by molar-refractivity contribution is 7.91. The van der Waals surface area contributed by atoms with Crippen molar-refractivity contribution in [2.75, 3.05) is 19.3 Å². The lowest BCUT2D eigenvalue weighted by Crippen LogP contribution is -2.46. The van der Waals surface area contributed by atoms with E-state index in [0.717, 1.165) is 5.69 Å². The fourth-order valence-corrected chi connectivity index (χ4v) is 4.45. The fraction of sp³-hybridized carbons (Fsp3) is 0.450. The van der Waals surface area contributed by atoms with Crippen molar-refractivity contribution >= 4 is 15.8 Å². The minimum absolute atomic E-state index is 0.0360. The first-order valence-electron chi connectivity index (χ1n) is 9.27. The van der Waals surface area contributed by atoms with E-state index in [1.165, 1.54) is 0 Å². The van der Waals surface area contributed by atoms with Gasteiger partial charge >= 0.3 is 0 Å². The number of hydrogen-bond donors (Lipinski definition) is 1. The molecule has 7 heteroatoms. The fourth-order valence-electron chi connectivity index (χ4n) is 2.84. The Morgan fingerprint density at radius 3 is 2.44 bits per heavy atom. The highest BCUT2D eigenvalue weighted by atomic mass is 32.2. The molecule has 0 spiro atoms. The average molecular weight is 391 g/mol. The first kappa shape index (κ1) is 21.0. The van der Waals surface area contributed by atoms with Gasteiger partial charge in [-0.15, -0.1) is 0 Å². The number of nitrogens with one attached hydrogen (secondary N) is 1. The van der Waals surface area contributed by atoms with Crippen molar-refractivity contribution in [1.29, 1.82) is 0 Å². The van der Waals surface area contributed by atoms with Crippen molar-refractivity contribution < 1.29 is 8.42 Å². The van der Waals surface area contributed by atoms with E-state index in [1.54, 1.807) is 24.3 Å². The van der Waals surface area contributed by atoms with Crippen LogP contribution in [0.1, 0.15) is 26.0 Å². The molecule has 0 aliphatic heterocycles. The molecule has 1 atom stereocenters. The Morgan fingerprint density at radius 1 is 1.19 bits per heavy atom. The highest BCUT2D eigenvalue weighted by Crippen LogP contribution is 2.13. The van der Waals surface area contributed by atoms with Crippen LogP contribution in [-0.4, -0.2) is 49.2 Å². The molecule has 2 aromatic rings. The van der Waals surface area contributed by atoms with Crippen molar-refractivity contribution in [3.8, 4) is 0 Å². The third kappa shape index (κ3) is 5.85. The lowest BCUT2D eigenvalue weighted by atomic mass is 10.2. The van der Waals surface area contributed by atoms with Gasteiger partial charge in [0.05, 0.1) is 17.2 Å². The lowest BCUT2D eigenvalue weighted by Gasteiger charge is -2.27. The zero-order valence-corrected chi connectivity index (χ0v) is 17.4. The van der Waals surface area contributed by atoms with E-state index in [0.29, 0.717) is 30.4 Å². The number of aliphatic imine (C=N–C) groups is 1. The molecule has 27 heavy (non-hydrogen) atoms. The summed E-state index contributed by atoms with van der Waals surface area (Å²) < 4.78 is 27.5. The minimum Gasteiger partial charge on any atom is -0.353 e. The van der Waals surface area contributed by atoms with Gasteiger partial charge in [-0.2, -0.15) is 0 Å². The Labute approximate surface area is 162 Å². The van der Waals surface area contributed by atoms with Gasteiger partial charge in [-0.05, 0) is 37.6 Å². The topological polar surface area (TPSA) is 66.7 Å². The molecule has 0 saturated heterocycles. The standard InChI is InChI=1S/C20H30N4O2S/c1-5-17(16-27(25,26)19-12-8-7-9-13-19)22-20(21-6-2)24(4)15-18-11-10-14-23(18)3/h7-14,17H,5-6,15-16H2,1-4H3,(H,21,22). The van der Waals surface area contributed by atoms with Gasteiger partial charge in [-0.25, -0.2) is 8.42 Å². The predicted molar refractivity (Wildman–Crippen MR) is 111 cm³/mol. The molecule has 0 radical (unpaired) electrons. The molecule has 0 aliphatic rings. The first-order chi connectivity index (χ1) is 12.9. The summed E-state index contributed by atoms with van der Waals surface area (Å²) in [5.74, 6) is 0.752. The molecule has 1 unspecified atom stereocenters. The molecular weight excluding hydrogens is 360 g/mol. The Bertz CT molecular complexity index is 844. The maximum Gasteiger partial charge on any atom is 0.194 e. The summed E-state index contributed by atoms with van der Waals surface area (Å²) in [4.78, 5) is 6.93. The van der Waals surface area contributed by atoms with Crippen LogP contribution in [0.3, 0.4) is 0 Å². The van der Waals surface area contributed by atoms with Crippen LogP contribution in [0.25, 0.3) is 0 Å². The second-order valence-electron chi connectivity index (χ2n) is 6.61. The van der Waals surface area contributed by atoms with Gasteiger partial charge in [0.25, 0.3) is 0 Å². The van der Waals surface area contributed by atoms with Gasteiger partial charge in [-0.1, -0.05) is 25.1 Å². The molecule has 0 bridgehead atoms. The van der Waals surface area contributed by atoms with Crippen molar-refractivity contribution in [3.05, 3.63) is 54.4 Å². The number of benzene rings is 1. The number of rotatable bonds is 8. The summed E-state index contributed by atoms with van der Waals surface area (Å²) in [6, 6.07) is 12.5. The second-order valence-corrected chi connectivity index (χ2v) is 8.64. The van der Waals surface area contributed by atoms with E-state index in [2.05, 4.69) is 20.9 Å². The van der Waals surface area contributed by atoms with Gasteiger partial charge in [0.2, 0.25) is 0 Å². The third-order valence-corrected chi connectivity index (χ3v) is 6.30. The van der Waals surface area contributed by atoms with E-state index in [1.807, 2.05) is 51.2 Å². The molecular formula is C20H30N4O2S. The van der Waals surface area contributed by atoms with E-state index < -0.39 is 9.84 Å². The minimum atomic E-state index is -3.35. The van der Waals surface area contributed by atoms with Crippen molar-refractivity contribution in [1.82, 2.24) is 14.8 Å². The number of sulfone groups is 1. The van der Waals surface area contributed by atoms with Gasteiger partial charge in [0.15, 0.2) is 15.8 Å². The molecule has 2 rings (SSSR count). The normalized spacial score (nSPS) is 13.4. The van der Waals surface area contributed by atoms with Crippen LogP contribution in [-0.2, 0) is 23.4 Å². The largest absolute Gasteiger partial charge is 0.353 e. The number of aromatic nitrogens is 1. The van der Waals surface area contributed by atoms with Crippen LogP contribution in [0.4, 0.5) is 0 Å². The van der Waals surface area contributed by atoms with Crippen LogP contribution in [0.15, 0.2) is 58.5 Å².